The van der Waals surface area contributed by atoms with Crippen molar-refractivity contribution in [2.24, 2.45) is 5.92 Å². The molecule has 1 saturated heterocycles. The molecule has 6 rings (SSSR count). The number of hydrogen-bond acceptors (Lipinski definition) is 7. The van der Waals surface area contributed by atoms with Gasteiger partial charge in [-0.25, -0.2) is 0 Å². The summed E-state index contributed by atoms with van der Waals surface area (Å²) in [6, 6.07) is 13.0. The van der Waals surface area contributed by atoms with Crippen LogP contribution >= 0.6 is 0 Å². The predicted octanol–water partition coefficient (Wildman–Crippen LogP) is 3.31. The molecule has 3 heterocycles. The summed E-state index contributed by atoms with van der Waals surface area (Å²) in [6.45, 7) is 2.13. The van der Waals surface area contributed by atoms with Crippen LogP contribution in [0.15, 0.2) is 42.5 Å². The zero-order chi connectivity index (χ0) is 29.5. The number of fused-ring (bicyclic) bond motifs is 9. The Hall–Kier alpha value is -3.63. The first kappa shape index (κ1) is 29.8. The standard InChI is InChI=1S/C32H41N3O7/c1-39-16-4-14-34-20-30(36)33-26-19-35(32(38)24-9-10-24)15-13-27(26)41-21-23-5-3-6-25(17-23)42-28-11-7-22(8-12-31(34)37)18-29(28)40-2/h3,5-7,11,17-18,24,26-27H,4,8-10,12-16,19-21H2,1-2H3,(H,33,36)/t26-,27+/m0/s1. The van der Waals surface area contributed by atoms with Crippen molar-refractivity contribution in [2.45, 2.75) is 57.3 Å². The molecule has 42 heavy (non-hydrogen) atoms. The normalized spacial score (nSPS) is 21.9. The number of methoxy groups -OCH3 is 2. The topological polar surface area (TPSA) is 107 Å². The van der Waals surface area contributed by atoms with E-state index in [-0.39, 0.29) is 48.8 Å². The van der Waals surface area contributed by atoms with E-state index >= 15 is 0 Å². The molecular weight excluding hydrogens is 538 g/mol. The lowest BCUT2D eigenvalue weighted by molar-refractivity contribution is -0.140. The Morgan fingerprint density at radius 2 is 1.90 bits per heavy atom. The average Bonchev–Trinajstić information content (AvgIpc) is 3.84. The van der Waals surface area contributed by atoms with Gasteiger partial charge in [0.15, 0.2) is 11.5 Å². The summed E-state index contributed by atoms with van der Waals surface area (Å²) >= 11 is 0. The third kappa shape index (κ3) is 7.80. The number of benzene rings is 2. The molecule has 10 heteroatoms. The highest BCUT2D eigenvalue weighted by Gasteiger charge is 2.39. The maximum Gasteiger partial charge on any atom is 0.239 e. The number of carbonyl (C=O) groups is 3. The number of likely N-dealkylation sites (tertiary alicyclic amines) is 1. The molecule has 226 valence electrons. The van der Waals surface area contributed by atoms with Crippen LogP contribution in [0.1, 0.15) is 43.2 Å². The highest BCUT2D eigenvalue weighted by atomic mass is 16.5. The Morgan fingerprint density at radius 1 is 1.05 bits per heavy atom. The minimum absolute atomic E-state index is 0.0690. The van der Waals surface area contributed by atoms with Crippen LogP contribution in [0.3, 0.4) is 0 Å². The Labute approximate surface area is 247 Å². The lowest BCUT2D eigenvalue weighted by Crippen LogP contribution is -2.58. The molecule has 0 aromatic heterocycles. The summed E-state index contributed by atoms with van der Waals surface area (Å²) in [7, 11) is 3.21. The number of nitrogens with one attached hydrogen (secondary N) is 1. The van der Waals surface area contributed by atoms with Crippen LogP contribution in [-0.2, 0) is 36.9 Å². The first-order valence-corrected chi connectivity index (χ1v) is 14.8. The molecule has 2 aromatic carbocycles. The van der Waals surface area contributed by atoms with E-state index in [1.54, 1.807) is 19.1 Å². The van der Waals surface area contributed by atoms with Gasteiger partial charge in [-0.15, -0.1) is 0 Å². The largest absolute Gasteiger partial charge is 0.493 e. The van der Waals surface area contributed by atoms with Gasteiger partial charge in [0.2, 0.25) is 17.7 Å². The van der Waals surface area contributed by atoms with Crippen molar-refractivity contribution in [3.8, 4) is 17.2 Å². The van der Waals surface area contributed by atoms with Gasteiger partial charge in [-0.3, -0.25) is 14.4 Å². The summed E-state index contributed by atoms with van der Waals surface area (Å²) < 4.78 is 23.3. The van der Waals surface area contributed by atoms with Gasteiger partial charge in [0.05, 0.1) is 32.4 Å². The Morgan fingerprint density at radius 3 is 2.69 bits per heavy atom. The van der Waals surface area contributed by atoms with Crippen LogP contribution < -0.4 is 14.8 Å². The van der Waals surface area contributed by atoms with Crippen molar-refractivity contribution in [3.63, 3.8) is 0 Å². The fourth-order valence-corrected chi connectivity index (χ4v) is 5.56. The fraction of sp³-hybridized carbons (Fsp3) is 0.531. The Bertz CT molecular complexity index is 1260. The van der Waals surface area contributed by atoms with Crippen molar-refractivity contribution in [3.05, 3.63) is 53.6 Å². The molecule has 4 aliphatic rings. The van der Waals surface area contributed by atoms with Crippen LogP contribution in [0.2, 0.25) is 0 Å². The molecule has 1 saturated carbocycles. The molecule has 10 nitrogen and oxygen atoms in total. The zero-order valence-corrected chi connectivity index (χ0v) is 24.5. The molecule has 0 radical (unpaired) electrons. The van der Waals surface area contributed by atoms with E-state index in [9.17, 15) is 14.4 Å². The second kappa shape index (κ2) is 14.0. The van der Waals surface area contributed by atoms with Crippen LogP contribution in [0.25, 0.3) is 0 Å². The average molecular weight is 580 g/mol. The number of ether oxygens (including phenoxy) is 4. The first-order valence-electron chi connectivity index (χ1n) is 14.8. The van der Waals surface area contributed by atoms with Crippen LogP contribution in [0, 0.1) is 5.92 Å². The summed E-state index contributed by atoms with van der Waals surface area (Å²) in [5, 5.41) is 3.11. The molecule has 2 atom stereocenters. The van der Waals surface area contributed by atoms with Crippen molar-refractivity contribution in [2.75, 3.05) is 47.0 Å². The van der Waals surface area contributed by atoms with Gasteiger partial charge in [0.1, 0.15) is 5.75 Å². The van der Waals surface area contributed by atoms with Gasteiger partial charge in [0.25, 0.3) is 0 Å². The third-order valence-electron chi connectivity index (χ3n) is 8.04. The number of amides is 3. The second-order valence-corrected chi connectivity index (χ2v) is 11.3. The van der Waals surface area contributed by atoms with Gasteiger partial charge in [-0.05, 0) is 67.5 Å². The number of rotatable bonds is 6. The SMILES string of the molecule is COCCCN1CC(=O)N[C@H]2CN(C(=O)C3CC3)CC[C@H]2OCc2cccc(c2)Oc2ccc(cc2OC)CCC1=O. The summed E-state index contributed by atoms with van der Waals surface area (Å²) in [5.41, 5.74) is 1.86. The lowest BCUT2D eigenvalue weighted by Gasteiger charge is -2.39. The third-order valence-corrected chi connectivity index (χ3v) is 8.04. The molecule has 4 bridgehead atoms. The molecule has 0 unspecified atom stereocenters. The first-order chi connectivity index (χ1) is 20.4. The Kier molecular flexibility index (Phi) is 9.97. The van der Waals surface area contributed by atoms with E-state index in [2.05, 4.69) is 5.32 Å². The molecule has 2 fully saturated rings. The van der Waals surface area contributed by atoms with Crippen molar-refractivity contribution in [1.82, 2.24) is 15.1 Å². The Balaban J connectivity index is 1.40. The number of carbonyl (C=O) groups excluding carboxylic acids is 3. The molecule has 0 spiro atoms. The molecule has 1 aliphatic carbocycles. The highest BCUT2D eigenvalue weighted by molar-refractivity contribution is 5.85. The van der Waals surface area contributed by atoms with Gasteiger partial charge in [0, 0.05) is 45.7 Å². The fourth-order valence-electron chi connectivity index (χ4n) is 5.56. The summed E-state index contributed by atoms with van der Waals surface area (Å²) in [5.74, 6) is 1.68. The van der Waals surface area contributed by atoms with Crippen LogP contribution in [-0.4, -0.2) is 86.7 Å². The van der Waals surface area contributed by atoms with Gasteiger partial charge >= 0.3 is 0 Å². The highest BCUT2D eigenvalue weighted by Crippen LogP contribution is 2.34. The van der Waals surface area contributed by atoms with E-state index in [1.807, 2.05) is 47.4 Å². The zero-order valence-electron chi connectivity index (χ0n) is 24.5. The van der Waals surface area contributed by atoms with E-state index in [4.69, 9.17) is 18.9 Å². The number of hydrogen-bond donors (Lipinski definition) is 1. The molecule has 1 N–H and O–H groups in total. The monoisotopic (exact) mass is 579 g/mol. The van der Waals surface area contributed by atoms with Gasteiger partial charge < -0.3 is 34.1 Å². The van der Waals surface area contributed by atoms with Crippen LogP contribution in [0.4, 0.5) is 0 Å². The van der Waals surface area contributed by atoms with E-state index < -0.39 is 0 Å². The van der Waals surface area contributed by atoms with Crippen LogP contribution in [0.5, 0.6) is 17.2 Å². The maximum absolute atomic E-state index is 13.4. The minimum Gasteiger partial charge on any atom is -0.493 e. The molecule has 3 amide bonds. The predicted molar refractivity (Wildman–Crippen MR) is 155 cm³/mol. The van der Waals surface area contributed by atoms with Crippen molar-refractivity contribution in [1.29, 1.82) is 0 Å². The number of aryl methyl sites for hydroxylation is 1. The lowest BCUT2D eigenvalue weighted by atomic mass is 10.0. The van der Waals surface area contributed by atoms with E-state index in [1.165, 1.54) is 0 Å². The maximum atomic E-state index is 13.4. The van der Waals surface area contributed by atoms with E-state index in [0.717, 1.165) is 24.0 Å². The number of nitrogens with zero attached hydrogens (tertiary/aromatic N) is 2. The van der Waals surface area contributed by atoms with Crippen molar-refractivity contribution < 1.29 is 33.3 Å². The second-order valence-electron chi connectivity index (χ2n) is 11.3. The molecular formula is C32H41N3O7. The summed E-state index contributed by atoms with van der Waals surface area (Å²) in [6.07, 6.45) is 3.53. The quantitative estimate of drug-likeness (QED) is 0.524. The molecule has 2 aromatic rings. The van der Waals surface area contributed by atoms with Gasteiger partial charge in [-0.1, -0.05) is 18.2 Å². The summed E-state index contributed by atoms with van der Waals surface area (Å²) in [4.78, 5) is 43.0. The smallest absolute Gasteiger partial charge is 0.239 e. The minimum atomic E-state index is -0.383. The van der Waals surface area contributed by atoms with Gasteiger partial charge in [-0.2, -0.15) is 0 Å². The van der Waals surface area contributed by atoms with E-state index in [0.29, 0.717) is 69.4 Å². The van der Waals surface area contributed by atoms with Crippen molar-refractivity contribution >= 4 is 17.7 Å². The number of piperidine rings is 1. The molecule has 3 aliphatic heterocycles.